The van der Waals surface area contributed by atoms with Crippen LogP contribution in [0.15, 0.2) is 72.8 Å². The van der Waals surface area contributed by atoms with E-state index in [2.05, 4.69) is 5.32 Å². The number of carbonyl (C=O) groups excluding carboxylic acids is 1. The predicted molar refractivity (Wildman–Crippen MR) is 121 cm³/mol. The van der Waals surface area contributed by atoms with Crippen molar-refractivity contribution in [3.05, 3.63) is 84.2 Å². The van der Waals surface area contributed by atoms with E-state index in [-0.39, 0.29) is 18.0 Å². The van der Waals surface area contributed by atoms with Gasteiger partial charge in [0.05, 0.1) is 12.2 Å². The highest BCUT2D eigenvalue weighted by atomic mass is 19.1. The quantitative estimate of drug-likeness (QED) is 0.633. The lowest BCUT2D eigenvalue weighted by Crippen LogP contribution is -2.48. The fraction of sp³-hybridized carbons (Fsp3) is 0.200. The summed E-state index contributed by atoms with van der Waals surface area (Å²) >= 11 is 0. The molecule has 1 saturated heterocycles. The molecule has 0 aromatic heterocycles. The molecule has 1 amide bonds. The van der Waals surface area contributed by atoms with Gasteiger partial charge < -0.3 is 15.0 Å². The van der Waals surface area contributed by atoms with Crippen molar-refractivity contribution >= 4 is 17.3 Å². The Hall–Kier alpha value is -3.89. The van der Waals surface area contributed by atoms with Gasteiger partial charge in [-0.2, -0.15) is 5.26 Å². The second-order valence-electron chi connectivity index (χ2n) is 7.50. The summed E-state index contributed by atoms with van der Waals surface area (Å²) in [6, 6.07) is 23.3. The molecule has 1 fully saturated rings. The molecule has 1 aliphatic heterocycles. The molecule has 0 bridgehead atoms. The molecule has 1 heterocycles. The Labute approximate surface area is 186 Å². The summed E-state index contributed by atoms with van der Waals surface area (Å²) in [7, 11) is 0. The van der Waals surface area contributed by atoms with Crippen molar-refractivity contribution in [1.29, 1.82) is 5.26 Å². The minimum atomic E-state index is -0.509. The number of rotatable bonds is 6. The van der Waals surface area contributed by atoms with E-state index in [1.807, 2.05) is 64.4 Å². The molecule has 0 saturated carbocycles. The molecule has 0 unspecified atom stereocenters. The normalized spacial score (nSPS) is 13.9. The molecular weight excluding hydrogens is 407 g/mol. The van der Waals surface area contributed by atoms with Gasteiger partial charge in [-0.3, -0.25) is 9.69 Å². The highest BCUT2D eigenvalue weighted by molar-refractivity contribution is 5.92. The fourth-order valence-corrected chi connectivity index (χ4v) is 3.70. The zero-order valence-corrected chi connectivity index (χ0v) is 17.5. The number of amides is 1. The van der Waals surface area contributed by atoms with E-state index in [0.717, 1.165) is 5.75 Å². The van der Waals surface area contributed by atoms with Gasteiger partial charge in [0.25, 0.3) is 0 Å². The number of benzene rings is 3. The van der Waals surface area contributed by atoms with Crippen molar-refractivity contribution in [3.63, 3.8) is 0 Å². The monoisotopic (exact) mass is 430 g/mol. The third-order valence-electron chi connectivity index (χ3n) is 5.28. The van der Waals surface area contributed by atoms with Crippen LogP contribution in [0, 0.1) is 17.1 Å². The lowest BCUT2D eigenvalue weighted by Gasteiger charge is -2.36. The molecule has 4 rings (SSSR count). The molecule has 7 heteroatoms. The van der Waals surface area contributed by atoms with Crippen LogP contribution in [0.1, 0.15) is 5.56 Å². The van der Waals surface area contributed by atoms with Crippen LogP contribution in [0.4, 0.5) is 15.8 Å². The van der Waals surface area contributed by atoms with Crippen molar-refractivity contribution in [2.45, 2.75) is 0 Å². The Bertz CT molecular complexity index is 1120. The number of carbonyl (C=O) groups is 1. The number of anilines is 2. The summed E-state index contributed by atoms with van der Waals surface area (Å²) in [5.41, 5.74) is 1.34. The van der Waals surface area contributed by atoms with Crippen LogP contribution in [-0.2, 0) is 4.79 Å². The number of nitrogens with one attached hydrogen (secondary N) is 1. The first kappa shape index (κ1) is 21.3. The average Bonchev–Trinajstić information content (AvgIpc) is 2.80. The first-order chi connectivity index (χ1) is 15.6. The van der Waals surface area contributed by atoms with Gasteiger partial charge in [0.15, 0.2) is 0 Å². The largest absolute Gasteiger partial charge is 0.457 e. The van der Waals surface area contributed by atoms with Crippen LogP contribution >= 0.6 is 0 Å². The molecular formula is C25H23FN4O2. The molecule has 162 valence electrons. The second kappa shape index (κ2) is 9.94. The van der Waals surface area contributed by atoms with Crippen molar-refractivity contribution in [3.8, 4) is 17.6 Å². The lowest BCUT2D eigenvalue weighted by molar-refractivity contribution is -0.117. The van der Waals surface area contributed by atoms with Crippen LogP contribution in [0.25, 0.3) is 0 Å². The highest BCUT2D eigenvalue weighted by Gasteiger charge is 2.22. The van der Waals surface area contributed by atoms with Crippen LogP contribution in [-0.4, -0.2) is 43.5 Å². The Kier molecular flexibility index (Phi) is 6.63. The number of hydrogen-bond acceptors (Lipinski definition) is 5. The van der Waals surface area contributed by atoms with Gasteiger partial charge >= 0.3 is 0 Å². The molecule has 3 aromatic carbocycles. The zero-order valence-electron chi connectivity index (χ0n) is 17.5. The van der Waals surface area contributed by atoms with Gasteiger partial charge in [-0.25, -0.2) is 4.39 Å². The maximum absolute atomic E-state index is 13.9. The summed E-state index contributed by atoms with van der Waals surface area (Å²) in [4.78, 5) is 16.6. The van der Waals surface area contributed by atoms with Crippen molar-refractivity contribution < 1.29 is 13.9 Å². The molecule has 0 spiro atoms. The van der Waals surface area contributed by atoms with Crippen LogP contribution < -0.4 is 15.0 Å². The third-order valence-corrected chi connectivity index (χ3v) is 5.28. The number of piperazine rings is 1. The first-order valence-corrected chi connectivity index (χ1v) is 10.4. The molecule has 3 aromatic rings. The summed E-state index contributed by atoms with van der Waals surface area (Å²) in [6.45, 7) is 2.78. The third kappa shape index (κ3) is 5.23. The number of ether oxygens (including phenoxy) is 1. The number of hydrogen-bond donors (Lipinski definition) is 1. The van der Waals surface area contributed by atoms with Crippen LogP contribution in [0.2, 0.25) is 0 Å². The topological polar surface area (TPSA) is 68.6 Å². The fourth-order valence-electron chi connectivity index (χ4n) is 3.70. The SMILES string of the molecule is N#Cc1c(F)cccc1N1CCN(CC(=O)Nc2cccc(Oc3ccccc3)c2)CC1. The van der Waals surface area contributed by atoms with Crippen molar-refractivity contribution in [2.75, 3.05) is 42.9 Å². The Morgan fingerprint density at radius 1 is 0.969 bits per heavy atom. The molecule has 6 nitrogen and oxygen atoms in total. The van der Waals surface area contributed by atoms with Gasteiger partial charge in [0, 0.05) is 37.9 Å². The Morgan fingerprint density at radius 2 is 1.69 bits per heavy atom. The minimum Gasteiger partial charge on any atom is -0.457 e. The van der Waals surface area contributed by atoms with Crippen LogP contribution in [0.5, 0.6) is 11.5 Å². The van der Waals surface area contributed by atoms with Gasteiger partial charge in [-0.1, -0.05) is 30.3 Å². The first-order valence-electron chi connectivity index (χ1n) is 10.4. The number of para-hydroxylation sites is 1. The Morgan fingerprint density at radius 3 is 2.44 bits per heavy atom. The number of nitriles is 1. The summed E-state index contributed by atoms with van der Waals surface area (Å²) in [6.07, 6.45) is 0. The van der Waals surface area contributed by atoms with E-state index in [4.69, 9.17) is 4.74 Å². The zero-order chi connectivity index (χ0) is 22.3. The predicted octanol–water partition coefficient (Wildman–Crippen LogP) is 4.25. The maximum Gasteiger partial charge on any atom is 0.238 e. The molecule has 1 N–H and O–H groups in total. The summed E-state index contributed by atoms with van der Waals surface area (Å²) < 4.78 is 19.7. The summed E-state index contributed by atoms with van der Waals surface area (Å²) in [5, 5.41) is 12.2. The van der Waals surface area contributed by atoms with E-state index >= 15 is 0 Å². The van der Waals surface area contributed by atoms with E-state index in [1.54, 1.807) is 18.2 Å². The van der Waals surface area contributed by atoms with E-state index in [9.17, 15) is 14.4 Å². The van der Waals surface area contributed by atoms with E-state index < -0.39 is 5.82 Å². The van der Waals surface area contributed by atoms with Gasteiger partial charge in [-0.15, -0.1) is 0 Å². The lowest BCUT2D eigenvalue weighted by atomic mass is 10.1. The molecule has 0 radical (unpaired) electrons. The Balaban J connectivity index is 1.30. The second-order valence-corrected chi connectivity index (χ2v) is 7.50. The van der Waals surface area contributed by atoms with Gasteiger partial charge in [-0.05, 0) is 36.4 Å². The van der Waals surface area contributed by atoms with Gasteiger partial charge in [0.1, 0.15) is 28.9 Å². The molecule has 0 atom stereocenters. The molecule has 32 heavy (non-hydrogen) atoms. The van der Waals surface area contributed by atoms with E-state index in [1.165, 1.54) is 6.07 Å². The molecule has 0 aliphatic carbocycles. The smallest absolute Gasteiger partial charge is 0.238 e. The van der Waals surface area contributed by atoms with Crippen molar-refractivity contribution in [2.24, 2.45) is 0 Å². The van der Waals surface area contributed by atoms with Gasteiger partial charge in [0.2, 0.25) is 5.91 Å². The standard InChI is InChI=1S/C25H23FN4O2/c26-23-10-5-11-24(22(23)17-27)30-14-12-29(13-15-30)18-25(31)28-19-6-4-9-21(16-19)32-20-7-2-1-3-8-20/h1-11,16H,12-15,18H2,(H,28,31). The molecule has 1 aliphatic rings. The number of halogens is 1. The van der Waals surface area contributed by atoms with Crippen LogP contribution in [0.3, 0.4) is 0 Å². The minimum absolute atomic E-state index is 0.0660. The number of nitrogens with zero attached hydrogens (tertiary/aromatic N) is 3. The highest BCUT2D eigenvalue weighted by Crippen LogP contribution is 2.25. The maximum atomic E-state index is 13.9. The van der Waals surface area contributed by atoms with E-state index in [0.29, 0.717) is 43.3 Å². The summed E-state index contributed by atoms with van der Waals surface area (Å²) in [5.74, 6) is 0.752. The average molecular weight is 430 g/mol. The van der Waals surface area contributed by atoms with Crippen molar-refractivity contribution in [1.82, 2.24) is 4.90 Å².